The van der Waals surface area contributed by atoms with Crippen molar-refractivity contribution in [3.05, 3.63) is 59.7 Å². The van der Waals surface area contributed by atoms with Gasteiger partial charge in [0.1, 0.15) is 26.4 Å². The lowest BCUT2D eigenvalue weighted by Gasteiger charge is -2.07. The fourth-order valence-corrected chi connectivity index (χ4v) is 1.84. The average molecular weight is 450 g/mol. The molecule has 0 aromatic heterocycles. The highest BCUT2D eigenvalue weighted by Gasteiger charge is 2.11. The summed E-state index contributed by atoms with van der Waals surface area (Å²) in [5, 5.41) is 16.7. The Morgan fingerprint density at radius 1 is 0.562 bits per heavy atom. The Morgan fingerprint density at radius 3 is 1.19 bits per heavy atom. The fourth-order valence-electron chi connectivity index (χ4n) is 1.84. The van der Waals surface area contributed by atoms with Crippen LogP contribution in [0.2, 0.25) is 0 Å². The fraction of sp³-hybridized carbons (Fsp3) is 0.200. The molecule has 0 amide bonds. The van der Waals surface area contributed by atoms with Crippen LogP contribution >= 0.6 is 0 Å². The van der Waals surface area contributed by atoms with Gasteiger partial charge >= 0.3 is 35.8 Å². The molecule has 0 aliphatic heterocycles. The van der Waals surface area contributed by atoms with Crippen molar-refractivity contribution in [2.75, 3.05) is 26.4 Å². The van der Waals surface area contributed by atoms with Crippen LogP contribution < -0.4 is 0 Å². The first-order chi connectivity index (χ1) is 15.2. The number of aliphatic carboxylic acids is 2. The predicted molar refractivity (Wildman–Crippen MR) is 102 cm³/mol. The summed E-state index contributed by atoms with van der Waals surface area (Å²) >= 11 is 0. The largest absolute Gasteiger partial charge is 0.478 e. The summed E-state index contributed by atoms with van der Waals surface area (Å²) in [7, 11) is 0. The van der Waals surface area contributed by atoms with Gasteiger partial charge in [0, 0.05) is 24.3 Å². The minimum Gasteiger partial charge on any atom is -0.478 e. The third kappa shape index (κ3) is 10.9. The molecule has 32 heavy (non-hydrogen) atoms. The number of esters is 4. The van der Waals surface area contributed by atoms with Crippen LogP contribution in [0.3, 0.4) is 0 Å². The molecule has 0 heterocycles. The van der Waals surface area contributed by atoms with Crippen molar-refractivity contribution in [1.29, 1.82) is 0 Å². The minimum absolute atomic E-state index is 0.109. The normalized spacial score (nSPS) is 10.5. The molecule has 170 valence electrons. The lowest BCUT2D eigenvalue weighted by atomic mass is 10.1. The van der Waals surface area contributed by atoms with Crippen molar-refractivity contribution in [3.8, 4) is 0 Å². The van der Waals surface area contributed by atoms with Crippen molar-refractivity contribution in [1.82, 2.24) is 0 Å². The molecule has 1 aromatic rings. The monoisotopic (exact) mass is 450 g/mol. The van der Waals surface area contributed by atoms with Crippen molar-refractivity contribution in [3.63, 3.8) is 0 Å². The number of carboxylic acids is 2. The second kappa shape index (κ2) is 13.7. The third-order valence-electron chi connectivity index (χ3n) is 3.20. The number of benzene rings is 1. The number of carbonyl (C=O) groups excluding carboxylic acids is 4. The van der Waals surface area contributed by atoms with Crippen molar-refractivity contribution in [2.45, 2.75) is 0 Å². The van der Waals surface area contributed by atoms with E-state index in [4.69, 9.17) is 19.7 Å². The molecule has 0 aliphatic rings. The molecule has 12 heteroatoms. The summed E-state index contributed by atoms with van der Waals surface area (Å²) in [5.41, 5.74) is 0.218. The van der Waals surface area contributed by atoms with Crippen molar-refractivity contribution < 1.29 is 57.9 Å². The SMILES string of the molecule is O=C(O)/C=C\C(=O)OCCOC(=O)c1ccc(C(=O)OCCOC(=O)/C=C\C(=O)O)cc1. The van der Waals surface area contributed by atoms with Gasteiger partial charge in [0.05, 0.1) is 11.1 Å². The Hall–Kier alpha value is -4.48. The Balaban J connectivity index is 2.35. The van der Waals surface area contributed by atoms with E-state index in [1.54, 1.807) is 0 Å². The van der Waals surface area contributed by atoms with Crippen LogP contribution in [-0.2, 0) is 38.1 Å². The Kier molecular flexibility index (Phi) is 10.9. The average Bonchev–Trinajstić information content (AvgIpc) is 2.76. The van der Waals surface area contributed by atoms with Crippen LogP contribution in [0.15, 0.2) is 48.6 Å². The third-order valence-corrected chi connectivity index (χ3v) is 3.20. The second-order valence-electron chi connectivity index (χ2n) is 5.53. The molecule has 1 aromatic carbocycles. The van der Waals surface area contributed by atoms with Gasteiger partial charge in [0.25, 0.3) is 0 Å². The van der Waals surface area contributed by atoms with Crippen LogP contribution in [-0.4, -0.2) is 72.5 Å². The lowest BCUT2D eigenvalue weighted by Crippen LogP contribution is -2.14. The number of hydrogen-bond donors (Lipinski definition) is 2. The number of carbonyl (C=O) groups is 6. The van der Waals surface area contributed by atoms with Crippen LogP contribution in [0.1, 0.15) is 20.7 Å². The van der Waals surface area contributed by atoms with E-state index in [1.807, 2.05) is 0 Å². The highest BCUT2D eigenvalue weighted by atomic mass is 16.6. The summed E-state index contributed by atoms with van der Waals surface area (Å²) in [6.07, 6.45) is 2.63. The molecule has 2 N–H and O–H groups in total. The first-order valence-corrected chi connectivity index (χ1v) is 8.79. The standard InChI is InChI=1S/C20H18O12/c21-15(22)5-7-17(25)29-9-11-31-19(27)13-1-2-14(4-3-13)20(28)32-12-10-30-18(26)8-6-16(23)24/h1-8H,9-12H2,(H,21,22)(H,23,24)/b7-5-,8-6-. The van der Waals surface area contributed by atoms with E-state index in [0.717, 1.165) is 0 Å². The maximum Gasteiger partial charge on any atom is 0.338 e. The van der Waals surface area contributed by atoms with Crippen LogP contribution in [0, 0.1) is 0 Å². The molecule has 0 fully saturated rings. The molecule has 0 unspecified atom stereocenters. The van der Waals surface area contributed by atoms with E-state index < -0.39 is 35.8 Å². The smallest absolute Gasteiger partial charge is 0.338 e. The zero-order chi connectivity index (χ0) is 23.9. The quantitative estimate of drug-likeness (QED) is 0.194. The summed E-state index contributed by atoms with van der Waals surface area (Å²) in [6.45, 7) is -1.10. The summed E-state index contributed by atoms with van der Waals surface area (Å²) < 4.78 is 19.0. The van der Waals surface area contributed by atoms with E-state index in [0.29, 0.717) is 24.3 Å². The lowest BCUT2D eigenvalue weighted by molar-refractivity contribution is -0.140. The van der Waals surface area contributed by atoms with Gasteiger partial charge in [-0.25, -0.2) is 28.8 Å². The Labute approximate surface area is 180 Å². The number of ether oxygens (including phenoxy) is 4. The molecule has 0 atom stereocenters. The van der Waals surface area contributed by atoms with Crippen molar-refractivity contribution in [2.24, 2.45) is 0 Å². The van der Waals surface area contributed by atoms with Gasteiger partial charge in [0.2, 0.25) is 0 Å². The Bertz CT molecular complexity index is 836. The maximum atomic E-state index is 11.9. The molecule has 0 radical (unpaired) electrons. The highest BCUT2D eigenvalue weighted by molar-refractivity contribution is 5.93. The van der Waals surface area contributed by atoms with E-state index in [-0.39, 0.29) is 37.6 Å². The van der Waals surface area contributed by atoms with Gasteiger partial charge in [-0.15, -0.1) is 0 Å². The zero-order valence-electron chi connectivity index (χ0n) is 16.4. The summed E-state index contributed by atoms with van der Waals surface area (Å²) in [4.78, 5) is 66.6. The number of rotatable bonds is 12. The minimum atomic E-state index is -1.31. The van der Waals surface area contributed by atoms with Gasteiger partial charge < -0.3 is 29.2 Å². The Morgan fingerprint density at radius 2 is 0.875 bits per heavy atom. The molecule has 1 rings (SSSR count). The van der Waals surface area contributed by atoms with E-state index in [1.165, 1.54) is 24.3 Å². The first-order valence-electron chi connectivity index (χ1n) is 8.79. The second-order valence-corrected chi connectivity index (χ2v) is 5.53. The first kappa shape index (κ1) is 25.6. The van der Waals surface area contributed by atoms with Gasteiger partial charge in [-0.1, -0.05) is 0 Å². The molecule has 0 aliphatic carbocycles. The predicted octanol–water partition coefficient (Wildman–Crippen LogP) is 0.368. The van der Waals surface area contributed by atoms with Crippen LogP contribution in [0.4, 0.5) is 0 Å². The van der Waals surface area contributed by atoms with Gasteiger partial charge in [-0.3, -0.25) is 0 Å². The maximum absolute atomic E-state index is 11.9. The van der Waals surface area contributed by atoms with Gasteiger partial charge in [0.15, 0.2) is 0 Å². The molecule has 0 saturated heterocycles. The summed E-state index contributed by atoms with van der Waals surface area (Å²) in [5.74, 6) is -5.92. The van der Waals surface area contributed by atoms with Gasteiger partial charge in [-0.2, -0.15) is 0 Å². The molecular formula is C20H18O12. The number of carboxylic acid groups (broad SMARTS) is 2. The summed E-state index contributed by atoms with van der Waals surface area (Å²) in [6, 6.07) is 5.21. The van der Waals surface area contributed by atoms with Crippen LogP contribution in [0.25, 0.3) is 0 Å². The number of hydrogen-bond acceptors (Lipinski definition) is 10. The van der Waals surface area contributed by atoms with E-state index in [9.17, 15) is 28.8 Å². The van der Waals surface area contributed by atoms with Crippen LogP contribution in [0.5, 0.6) is 0 Å². The molecule has 0 saturated carbocycles. The van der Waals surface area contributed by atoms with Gasteiger partial charge in [-0.05, 0) is 24.3 Å². The molecule has 12 nitrogen and oxygen atoms in total. The topological polar surface area (TPSA) is 180 Å². The zero-order valence-corrected chi connectivity index (χ0v) is 16.4. The molecule has 0 spiro atoms. The van der Waals surface area contributed by atoms with Crippen molar-refractivity contribution >= 4 is 35.8 Å². The highest BCUT2D eigenvalue weighted by Crippen LogP contribution is 2.07. The van der Waals surface area contributed by atoms with E-state index in [2.05, 4.69) is 9.47 Å². The molecular weight excluding hydrogens is 432 g/mol. The molecule has 0 bridgehead atoms. The van der Waals surface area contributed by atoms with E-state index >= 15 is 0 Å².